The first-order valence-electron chi connectivity index (χ1n) is 7.47. The van der Waals surface area contributed by atoms with E-state index in [4.69, 9.17) is 0 Å². The zero-order valence-corrected chi connectivity index (χ0v) is 13.0. The van der Waals surface area contributed by atoms with Gasteiger partial charge in [0.2, 0.25) is 0 Å². The SMILES string of the molecule is Cc1cc(N(CCO)C(C)Cc2ccccc2)cc(O)c1O. The standard InChI is InChI=1S/C18H23NO3/c1-13-10-16(12-17(21)18(13)22)19(8-9-20)14(2)11-15-6-4-3-5-7-15/h3-7,10,12,14,20-22H,8-9,11H2,1-2H3. The van der Waals surface area contributed by atoms with E-state index in [1.54, 1.807) is 13.0 Å². The van der Waals surface area contributed by atoms with Crippen LogP contribution in [0.5, 0.6) is 11.5 Å². The third kappa shape index (κ3) is 3.71. The van der Waals surface area contributed by atoms with Crippen molar-refractivity contribution in [1.82, 2.24) is 0 Å². The molecule has 0 bridgehead atoms. The lowest BCUT2D eigenvalue weighted by molar-refractivity contribution is 0.298. The van der Waals surface area contributed by atoms with E-state index in [2.05, 4.69) is 19.1 Å². The molecule has 0 amide bonds. The van der Waals surface area contributed by atoms with E-state index < -0.39 is 0 Å². The van der Waals surface area contributed by atoms with E-state index in [0.29, 0.717) is 12.1 Å². The number of hydrogen-bond acceptors (Lipinski definition) is 4. The normalized spacial score (nSPS) is 12.1. The number of aromatic hydroxyl groups is 2. The number of benzene rings is 2. The molecule has 0 saturated heterocycles. The first-order valence-corrected chi connectivity index (χ1v) is 7.47. The van der Waals surface area contributed by atoms with Crippen molar-refractivity contribution in [3.8, 4) is 11.5 Å². The molecule has 0 spiro atoms. The second-order valence-corrected chi connectivity index (χ2v) is 5.59. The molecule has 4 nitrogen and oxygen atoms in total. The number of aliphatic hydroxyl groups excluding tert-OH is 1. The Bertz CT molecular complexity index is 590. The van der Waals surface area contributed by atoms with Gasteiger partial charge in [-0.05, 0) is 37.5 Å². The largest absolute Gasteiger partial charge is 0.504 e. The van der Waals surface area contributed by atoms with Crippen LogP contribution >= 0.6 is 0 Å². The van der Waals surface area contributed by atoms with Crippen molar-refractivity contribution in [2.24, 2.45) is 0 Å². The molecule has 4 heteroatoms. The summed E-state index contributed by atoms with van der Waals surface area (Å²) >= 11 is 0. The number of hydrogen-bond donors (Lipinski definition) is 3. The highest BCUT2D eigenvalue weighted by Crippen LogP contribution is 2.34. The topological polar surface area (TPSA) is 63.9 Å². The van der Waals surface area contributed by atoms with Gasteiger partial charge >= 0.3 is 0 Å². The minimum Gasteiger partial charge on any atom is -0.504 e. The molecule has 22 heavy (non-hydrogen) atoms. The maximum absolute atomic E-state index is 9.83. The van der Waals surface area contributed by atoms with Gasteiger partial charge in [0.25, 0.3) is 0 Å². The van der Waals surface area contributed by atoms with E-state index in [9.17, 15) is 15.3 Å². The molecule has 0 aliphatic heterocycles. The minimum absolute atomic E-state index is 0.0276. The number of rotatable bonds is 6. The van der Waals surface area contributed by atoms with Crippen molar-refractivity contribution in [1.29, 1.82) is 0 Å². The lowest BCUT2D eigenvalue weighted by Crippen LogP contribution is -2.37. The van der Waals surface area contributed by atoms with E-state index in [1.807, 2.05) is 29.2 Å². The van der Waals surface area contributed by atoms with Crippen molar-refractivity contribution in [2.75, 3.05) is 18.1 Å². The molecule has 118 valence electrons. The van der Waals surface area contributed by atoms with Gasteiger partial charge in [-0.25, -0.2) is 0 Å². The second-order valence-electron chi connectivity index (χ2n) is 5.59. The van der Waals surface area contributed by atoms with Crippen LogP contribution in [0.1, 0.15) is 18.1 Å². The zero-order valence-electron chi connectivity index (χ0n) is 13.0. The maximum Gasteiger partial charge on any atom is 0.160 e. The molecule has 0 aromatic heterocycles. The first-order chi connectivity index (χ1) is 10.5. The predicted octanol–water partition coefficient (Wildman–Crippen LogP) is 2.84. The Balaban J connectivity index is 2.25. The molecule has 1 atom stereocenters. The highest BCUT2D eigenvalue weighted by Gasteiger charge is 2.17. The van der Waals surface area contributed by atoms with Crippen LogP contribution in [0.3, 0.4) is 0 Å². The van der Waals surface area contributed by atoms with E-state index >= 15 is 0 Å². The van der Waals surface area contributed by atoms with Gasteiger partial charge in [0.1, 0.15) is 0 Å². The fourth-order valence-corrected chi connectivity index (χ4v) is 2.69. The number of anilines is 1. The molecule has 2 rings (SSSR count). The zero-order chi connectivity index (χ0) is 16.1. The smallest absolute Gasteiger partial charge is 0.160 e. The Morgan fingerprint density at radius 2 is 1.77 bits per heavy atom. The third-order valence-electron chi connectivity index (χ3n) is 3.84. The summed E-state index contributed by atoms with van der Waals surface area (Å²) in [6, 6.07) is 13.7. The predicted molar refractivity (Wildman–Crippen MR) is 88.5 cm³/mol. The van der Waals surface area contributed by atoms with E-state index in [0.717, 1.165) is 12.1 Å². The van der Waals surface area contributed by atoms with Gasteiger partial charge in [-0.1, -0.05) is 30.3 Å². The van der Waals surface area contributed by atoms with Gasteiger partial charge in [-0.3, -0.25) is 0 Å². The molecular weight excluding hydrogens is 278 g/mol. The number of phenols is 2. The fourth-order valence-electron chi connectivity index (χ4n) is 2.69. The van der Waals surface area contributed by atoms with E-state index in [1.165, 1.54) is 5.56 Å². The highest BCUT2D eigenvalue weighted by molar-refractivity contribution is 5.59. The van der Waals surface area contributed by atoms with Gasteiger partial charge < -0.3 is 20.2 Å². The Kier molecular flexibility index (Phi) is 5.28. The Labute approximate surface area is 131 Å². The van der Waals surface area contributed by atoms with Crippen LogP contribution in [0.15, 0.2) is 42.5 Å². The molecule has 0 fully saturated rings. The van der Waals surface area contributed by atoms with Crippen LogP contribution in [0.2, 0.25) is 0 Å². The third-order valence-corrected chi connectivity index (χ3v) is 3.84. The monoisotopic (exact) mass is 301 g/mol. The molecule has 2 aromatic rings. The number of aryl methyl sites for hydroxylation is 1. The number of nitrogens with zero attached hydrogens (tertiary/aromatic N) is 1. The Morgan fingerprint density at radius 1 is 1.09 bits per heavy atom. The summed E-state index contributed by atoms with van der Waals surface area (Å²) < 4.78 is 0. The van der Waals surface area contributed by atoms with Crippen molar-refractivity contribution in [2.45, 2.75) is 26.3 Å². The van der Waals surface area contributed by atoms with Crippen LogP contribution in [-0.4, -0.2) is 34.5 Å². The van der Waals surface area contributed by atoms with Crippen molar-refractivity contribution in [3.63, 3.8) is 0 Å². The van der Waals surface area contributed by atoms with Gasteiger partial charge in [-0.15, -0.1) is 0 Å². The number of aliphatic hydroxyl groups is 1. The van der Waals surface area contributed by atoms with Crippen LogP contribution in [0, 0.1) is 6.92 Å². The lowest BCUT2D eigenvalue weighted by Gasteiger charge is -2.31. The summed E-state index contributed by atoms with van der Waals surface area (Å²) in [4.78, 5) is 2.04. The van der Waals surface area contributed by atoms with Crippen molar-refractivity contribution >= 4 is 5.69 Å². The fraction of sp³-hybridized carbons (Fsp3) is 0.333. The van der Waals surface area contributed by atoms with Crippen LogP contribution in [0.4, 0.5) is 5.69 Å². The van der Waals surface area contributed by atoms with Gasteiger partial charge in [0, 0.05) is 24.3 Å². The van der Waals surface area contributed by atoms with Gasteiger partial charge in [-0.2, -0.15) is 0 Å². The molecule has 3 N–H and O–H groups in total. The average Bonchev–Trinajstić information content (AvgIpc) is 2.50. The van der Waals surface area contributed by atoms with Gasteiger partial charge in [0.15, 0.2) is 11.5 Å². The van der Waals surface area contributed by atoms with Crippen molar-refractivity contribution < 1.29 is 15.3 Å². The summed E-state index contributed by atoms with van der Waals surface area (Å²) in [5, 5.41) is 28.9. The summed E-state index contributed by atoms with van der Waals surface area (Å²) in [6.45, 7) is 4.33. The maximum atomic E-state index is 9.83. The van der Waals surface area contributed by atoms with Crippen LogP contribution in [-0.2, 0) is 6.42 Å². The first kappa shape index (κ1) is 16.2. The minimum atomic E-state index is -0.134. The summed E-state index contributed by atoms with van der Waals surface area (Å²) in [6.07, 6.45) is 0.835. The molecule has 0 heterocycles. The summed E-state index contributed by atoms with van der Waals surface area (Å²) in [7, 11) is 0. The summed E-state index contributed by atoms with van der Waals surface area (Å²) in [5.41, 5.74) is 2.63. The summed E-state index contributed by atoms with van der Waals surface area (Å²) in [5.74, 6) is -0.228. The molecule has 0 aliphatic carbocycles. The van der Waals surface area contributed by atoms with Crippen molar-refractivity contribution in [3.05, 3.63) is 53.6 Å². The molecule has 2 aromatic carbocycles. The van der Waals surface area contributed by atoms with Gasteiger partial charge in [0.05, 0.1) is 6.61 Å². The number of phenolic OH excluding ortho intramolecular Hbond substituents is 2. The van der Waals surface area contributed by atoms with Crippen LogP contribution < -0.4 is 4.90 Å². The Morgan fingerprint density at radius 3 is 2.36 bits per heavy atom. The second kappa shape index (κ2) is 7.18. The molecule has 1 unspecified atom stereocenters. The van der Waals surface area contributed by atoms with E-state index in [-0.39, 0.29) is 24.1 Å². The Hall–Kier alpha value is -2.20. The molecule has 0 saturated carbocycles. The van der Waals surface area contributed by atoms with Crippen LogP contribution in [0.25, 0.3) is 0 Å². The quantitative estimate of drug-likeness (QED) is 0.718. The lowest BCUT2D eigenvalue weighted by atomic mass is 10.0. The molecular formula is C18H23NO3. The highest BCUT2D eigenvalue weighted by atomic mass is 16.3. The molecule has 0 radical (unpaired) electrons. The average molecular weight is 301 g/mol. The molecule has 0 aliphatic rings.